The van der Waals surface area contributed by atoms with Crippen molar-refractivity contribution in [3.05, 3.63) is 34.4 Å². The van der Waals surface area contributed by atoms with Crippen LogP contribution in [0.2, 0.25) is 0 Å². The zero-order valence-electron chi connectivity index (χ0n) is 12.7. The number of benzene rings is 1. The first kappa shape index (κ1) is 22.1. The van der Waals surface area contributed by atoms with E-state index in [0.717, 1.165) is 6.07 Å². The predicted molar refractivity (Wildman–Crippen MR) is 83.4 cm³/mol. The van der Waals surface area contributed by atoms with Crippen LogP contribution in [0.3, 0.4) is 0 Å². The fourth-order valence-electron chi connectivity index (χ4n) is 1.86. The zero-order chi connectivity index (χ0) is 20.1. The molecule has 26 heavy (non-hydrogen) atoms. The van der Waals surface area contributed by atoms with Crippen molar-refractivity contribution in [2.75, 3.05) is 13.1 Å². The molecule has 0 amide bonds. The Balaban J connectivity index is 0.000000412. The second-order valence-corrected chi connectivity index (χ2v) is 7.17. The molecular formula is C12H13ClF3N3O6S. The summed E-state index contributed by atoms with van der Waals surface area (Å²) >= 11 is 5.95. The second-order valence-electron chi connectivity index (χ2n) is 4.93. The maximum atomic E-state index is 12.2. The number of aliphatic carboxylic acids is 1. The Labute approximate surface area is 150 Å². The van der Waals surface area contributed by atoms with Crippen molar-refractivity contribution in [3.63, 3.8) is 0 Å². The summed E-state index contributed by atoms with van der Waals surface area (Å²) in [7, 11) is -3.97. The Kier molecular flexibility index (Phi) is 7.32. The average Bonchev–Trinajstić information content (AvgIpc) is 2.91. The largest absolute Gasteiger partial charge is 0.490 e. The second kappa shape index (κ2) is 8.62. The fraction of sp³-hybridized carbons (Fsp3) is 0.417. The van der Waals surface area contributed by atoms with E-state index >= 15 is 0 Å². The molecule has 0 aromatic heterocycles. The third-order valence-electron chi connectivity index (χ3n) is 3.04. The summed E-state index contributed by atoms with van der Waals surface area (Å²) in [4.78, 5) is 18.7. The molecule has 2 unspecified atom stereocenters. The van der Waals surface area contributed by atoms with Gasteiger partial charge in [-0.1, -0.05) is 12.1 Å². The van der Waals surface area contributed by atoms with Crippen molar-refractivity contribution in [2.45, 2.75) is 22.5 Å². The number of carboxylic acids is 1. The van der Waals surface area contributed by atoms with Crippen LogP contribution in [0.25, 0.3) is 0 Å². The molecule has 2 atom stereocenters. The minimum absolute atomic E-state index is 0.351. The molecule has 1 aliphatic rings. The third-order valence-corrected chi connectivity index (χ3v) is 5.04. The lowest BCUT2D eigenvalue weighted by molar-refractivity contribution is -0.387. The van der Waals surface area contributed by atoms with Crippen LogP contribution in [0.5, 0.6) is 0 Å². The monoisotopic (exact) mass is 419 g/mol. The van der Waals surface area contributed by atoms with Gasteiger partial charge in [-0.2, -0.15) is 13.2 Å². The standard InChI is InChI=1S/C10H12ClN3O4S.C2HF3O2/c11-7-5-12-6-8(7)13-19(17,18)10-4-2-1-3-9(10)14(15)16;3-2(4,5)1(6)7/h1-4,7-8,12-13H,5-6H2;(H,6,7). The maximum absolute atomic E-state index is 12.2. The van der Waals surface area contributed by atoms with Gasteiger partial charge in [0, 0.05) is 19.2 Å². The van der Waals surface area contributed by atoms with Crippen LogP contribution in [0, 0.1) is 10.1 Å². The molecule has 1 aliphatic heterocycles. The number of nitro benzene ring substituents is 1. The van der Waals surface area contributed by atoms with E-state index < -0.39 is 38.8 Å². The van der Waals surface area contributed by atoms with Gasteiger partial charge < -0.3 is 10.4 Å². The van der Waals surface area contributed by atoms with E-state index in [1.165, 1.54) is 18.2 Å². The molecule has 0 saturated carbocycles. The van der Waals surface area contributed by atoms with Crippen LogP contribution in [-0.2, 0) is 14.8 Å². The van der Waals surface area contributed by atoms with Gasteiger partial charge in [0.25, 0.3) is 5.69 Å². The summed E-state index contributed by atoms with van der Waals surface area (Å²) in [6, 6.07) is 4.73. The lowest BCUT2D eigenvalue weighted by Gasteiger charge is -2.15. The van der Waals surface area contributed by atoms with Gasteiger partial charge in [0.05, 0.1) is 16.3 Å². The molecule has 0 radical (unpaired) electrons. The molecule has 14 heteroatoms. The lowest BCUT2D eigenvalue weighted by atomic mass is 10.3. The Morgan fingerprint density at radius 1 is 1.35 bits per heavy atom. The van der Waals surface area contributed by atoms with Crippen LogP contribution in [0.4, 0.5) is 18.9 Å². The number of alkyl halides is 4. The smallest absolute Gasteiger partial charge is 0.475 e. The first-order valence-electron chi connectivity index (χ1n) is 6.77. The van der Waals surface area contributed by atoms with E-state index in [4.69, 9.17) is 21.5 Å². The number of carbonyl (C=O) groups is 1. The number of nitrogens with one attached hydrogen (secondary N) is 2. The molecule has 0 spiro atoms. The topological polar surface area (TPSA) is 139 Å². The molecule has 146 valence electrons. The molecule has 0 aliphatic carbocycles. The Bertz CT molecular complexity index is 774. The van der Waals surface area contributed by atoms with Gasteiger partial charge in [0.1, 0.15) is 0 Å². The first-order valence-corrected chi connectivity index (χ1v) is 8.69. The van der Waals surface area contributed by atoms with E-state index in [2.05, 4.69) is 10.0 Å². The number of halogens is 4. The molecule has 2 rings (SSSR count). The van der Waals surface area contributed by atoms with Crippen molar-refractivity contribution < 1.29 is 36.4 Å². The number of nitrogens with zero attached hydrogens (tertiary/aromatic N) is 1. The van der Waals surface area contributed by atoms with Crippen LogP contribution >= 0.6 is 11.6 Å². The maximum Gasteiger partial charge on any atom is 0.490 e. The average molecular weight is 420 g/mol. The minimum Gasteiger partial charge on any atom is -0.475 e. The Morgan fingerprint density at radius 2 is 1.88 bits per heavy atom. The molecule has 1 aromatic carbocycles. The molecular weight excluding hydrogens is 407 g/mol. The van der Waals surface area contributed by atoms with E-state index in [0.29, 0.717) is 13.1 Å². The summed E-state index contributed by atoms with van der Waals surface area (Å²) in [5, 5.41) is 20.5. The van der Waals surface area contributed by atoms with Gasteiger partial charge in [-0.25, -0.2) is 17.9 Å². The van der Waals surface area contributed by atoms with Crippen molar-refractivity contribution >= 4 is 33.3 Å². The van der Waals surface area contributed by atoms with E-state index in [-0.39, 0.29) is 10.3 Å². The van der Waals surface area contributed by atoms with Gasteiger partial charge in [-0.15, -0.1) is 11.6 Å². The summed E-state index contributed by atoms with van der Waals surface area (Å²) < 4.78 is 58.4. The van der Waals surface area contributed by atoms with Crippen LogP contribution in [-0.4, -0.2) is 55.1 Å². The third kappa shape index (κ3) is 6.09. The number of nitro groups is 1. The van der Waals surface area contributed by atoms with Gasteiger partial charge in [-0.05, 0) is 6.07 Å². The number of para-hydroxylation sites is 1. The first-order chi connectivity index (χ1) is 11.9. The SMILES string of the molecule is O=C(O)C(F)(F)F.O=[N+]([O-])c1ccccc1S(=O)(=O)NC1CNCC1Cl. The van der Waals surface area contributed by atoms with Crippen LogP contribution in [0.15, 0.2) is 29.2 Å². The van der Waals surface area contributed by atoms with Crippen molar-refractivity contribution in [1.29, 1.82) is 0 Å². The molecule has 1 fully saturated rings. The van der Waals surface area contributed by atoms with E-state index in [9.17, 15) is 31.7 Å². The van der Waals surface area contributed by atoms with Crippen molar-refractivity contribution in [1.82, 2.24) is 10.0 Å². The number of sulfonamides is 1. The molecule has 1 heterocycles. The number of carboxylic acid groups (broad SMARTS) is 1. The quantitative estimate of drug-likeness (QED) is 0.377. The fourth-order valence-corrected chi connectivity index (χ4v) is 3.65. The molecule has 9 nitrogen and oxygen atoms in total. The molecule has 0 bridgehead atoms. The summed E-state index contributed by atoms with van der Waals surface area (Å²) in [5.41, 5.74) is -0.452. The Morgan fingerprint density at radius 3 is 2.31 bits per heavy atom. The van der Waals surface area contributed by atoms with E-state index in [1.807, 2.05) is 0 Å². The highest BCUT2D eigenvalue weighted by atomic mass is 35.5. The zero-order valence-corrected chi connectivity index (χ0v) is 14.3. The van der Waals surface area contributed by atoms with Crippen LogP contribution in [0.1, 0.15) is 0 Å². The van der Waals surface area contributed by atoms with Crippen molar-refractivity contribution in [2.24, 2.45) is 0 Å². The summed E-state index contributed by atoms with van der Waals surface area (Å²) in [6.45, 7) is 0.889. The van der Waals surface area contributed by atoms with Gasteiger partial charge >= 0.3 is 12.1 Å². The predicted octanol–water partition coefficient (Wildman–Crippen LogP) is 1.09. The summed E-state index contributed by atoms with van der Waals surface area (Å²) in [6.07, 6.45) is -5.08. The van der Waals surface area contributed by atoms with Gasteiger partial charge in [-0.3, -0.25) is 10.1 Å². The van der Waals surface area contributed by atoms with Crippen molar-refractivity contribution in [3.8, 4) is 0 Å². The van der Waals surface area contributed by atoms with E-state index in [1.54, 1.807) is 0 Å². The minimum atomic E-state index is -5.08. The highest BCUT2D eigenvalue weighted by molar-refractivity contribution is 7.89. The number of hydrogen-bond donors (Lipinski definition) is 3. The van der Waals surface area contributed by atoms with Gasteiger partial charge in [0.15, 0.2) is 4.90 Å². The number of hydrogen-bond acceptors (Lipinski definition) is 6. The number of rotatable bonds is 4. The molecule has 3 N–H and O–H groups in total. The molecule has 1 saturated heterocycles. The molecule has 1 aromatic rings. The normalized spacial score (nSPS) is 20.2. The summed E-state index contributed by atoms with van der Waals surface area (Å²) in [5.74, 6) is -2.76. The van der Waals surface area contributed by atoms with Crippen LogP contribution < -0.4 is 10.0 Å². The Hall–Kier alpha value is -1.96. The highest BCUT2D eigenvalue weighted by Crippen LogP contribution is 2.23. The van der Waals surface area contributed by atoms with Gasteiger partial charge in [0.2, 0.25) is 10.0 Å². The highest BCUT2D eigenvalue weighted by Gasteiger charge is 2.38. The lowest BCUT2D eigenvalue weighted by Crippen LogP contribution is -2.40.